The van der Waals surface area contributed by atoms with Crippen LogP contribution in [0.5, 0.6) is 0 Å². The molecule has 1 fully saturated rings. The predicted octanol–water partition coefficient (Wildman–Crippen LogP) is 5.27. The first-order valence-corrected chi connectivity index (χ1v) is 11.6. The summed E-state index contributed by atoms with van der Waals surface area (Å²) in [5.74, 6) is 0. The zero-order chi connectivity index (χ0) is 23.7. The third-order valence-corrected chi connectivity index (χ3v) is 7.00. The van der Waals surface area contributed by atoms with Gasteiger partial charge in [-0.2, -0.15) is 9.61 Å². The van der Waals surface area contributed by atoms with Crippen molar-refractivity contribution in [2.75, 3.05) is 0 Å². The maximum Gasteiger partial charge on any atom is 0.165 e. The Morgan fingerprint density at radius 1 is 1.03 bits per heavy atom. The van der Waals surface area contributed by atoms with Gasteiger partial charge in [0.05, 0.1) is 17.0 Å². The molecule has 0 amide bonds. The van der Waals surface area contributed by atoms with Crippen molar-refractivity contribution in [3.05, 3.63) is 83.1 Å². The van der Waals surface area contributed by atoms with Crippen LogP contribution in [0.2, 0.25) is 5.02 Å². The Kier molecular flexibility index (Phi) is 4.58. The molecule has 0 bridgehead atoms. The number of hydrogen-bond donors (Lipinski definition) is 2. The van der Waals surface area contributed by atoms with Gasteiger partial charge in [0.2, 0.25) is 0 Å². The molecule has 0 aliphatic heterocycles. The zero-order valence-electron chi connectivity index (χ0n) is 19.0. The molecule has 7 heteroatoms. The molecule has 0 spiro atoms. The van der Waals surface area contributed by atoms with Gasteiger partial charge in [-0.05, 0) is 44.4 Å². The van der Waals surface area contributed by atoms with Crippen LogP contribution >= 0.6 is 11.6 Å². The van der Waals surface area contributed by atoms with E-state index in [9.17, 15) is 5.11 Å². The molecule has 0 radical (unpaired) electrons. The highest BCUT2D eigenvalue weighted by Crippen LogP contribution is 2.46. The lowest BCUT2D eigenvalue weighted by atomic mass is 9.63. The number of fused-ring (bicyclic) bond motifs is 3. The van der Waals surface area contributed by atoms with E-state index in [-0.39, 0.29) is 0 Å². The third-order valence-electron chi connectivity index (χ3n) is 6.67. The molecule has 0 saturated heterocycles. The molecule has 170 valence electrons. The van der Waals surface area contributed by atoms with Gasteiger partial charge < -0.3 is 10.8 Å². The molecule has 1 aliphatic carbocycles. The van der Waals surface area contributed by atoms with E-state index in [0.29, 0.717) is 17.9 Å². The highest BCUT2D eigenvalue weighted by molar-refractivity contribution is 6.33. The molecular formula is C27H24ClN5O. The molecule has 1 aliphatic rings. The number of rotatable bonds is 3. The highest BCUT2D eigenvalue weighted by atomic mass is 35.5. The van der Waals surface area contributed by atoms with Crippen molar-refractivity contribution in [1.29, 1.82) is 0 Å². The second-order valence-electron chi connectivity index (χ2n) is 9.68. The zero-order valence-corrected chi connectivity index (χ0v) is 19.7. The van der Waals surface area contributed by atoms with Crippen molar-refractivity contribution in [3.63, 3.8) is 0 Å². The lowest BCUT2D eigenvalue weighted by molar-refractivity contribution is -0.0738. The first-order valence-electron chi connectivity index (χ1n) is 11.3. The Morgan fingerprint density at radius 2 is 1.76 bits per heavy atom. The molecule has 3 heterocycles. The van der Waals surface area contributed by atoms with Gasteiger partial charge in [0.1, 0.15) is 0 Å². The highest BCUT2D eigenvalue weighted by Gasteiger charge is 2.49. The summed E-state index contributed by atoms with van der Waals surface area (Å²) in [5.41, 5.74) is 12.3. The fourth-order valence-corrected chi connectivity index (χ4v) is 5.47. The normalized spacial score (nSPS) is 22.3. The lowest BCUT2D eigenvalue weighted by Gasteiger charge is -2.49. The van der Waals surface area contributed by atoms with E-state index in [1.165, 1.54) is 0 Å². The Bertz CT molecular complexity index is 1560. The van der Waals surface area contributed by atoms with E-state index in [0.717, 1.165) is 50.3 Å². The summed E-state index contributed by atoms with van der Waals surface area (Å²) < 4.78 is 1.78. The van der Waals surface area contributed by atoms with Gasteiger partial charge in [0.25, 0.3) is 0 Å². The van der Waals surface area contributed by atoms with E-state index >= 15 is 0 Å². The van der Waals surface area contributed by atoms with Crippen molar-refractivity contribution < 1.29 is 5.11 Å². The maximum absolute atomic E-state index is 10.2. The van der Waals surface area contributed by atoms with Crippen LogP contribution in [0.4, 0.5) is 0 Å². The van der Waals surface area contributed by atoms with Crippen molar-refractivity contribution >= 4 is 28.3 Å². The molecule has 34 heavy (non-hydrogen) atoms. The Morgan fingerprint density at radius 3 is 2.47 bits per heavy atom. The summed E-state index contributed by atoms with van der Waals surface area (Å²) in [4.78, 5) is 9.63. The number of aliphatic hydroxyl groups is 1. The standard InChI is InChI=1S/C27H24ClN5O/c1-16-11-23-30-13-18-12-21(20-5-3-4-6-22(20)28)24(31-25(18)33(23)32-16)17-7-9-19(10-8-17)27(29)14-26(2,34)15-27/h3-13,34H,14-15,29H2,1-2H3. The van der Waals surface area contributed by atoms with Gasteiger partial charge in [-0.25, -0.2) is 9.97 Å². The van der Waals surface area contributed by atoms with Crippen LogP contribution in [-0.2, 0) is 5.54 Å². The van der Waals surface area contributed by atoms with Gasteiger partial charge >= 0.3 is 0 Å². The number of nitrogens with two attached hydrogens (primary N) is 1. The van der Waals surface area contributed by atoms with E-state index in [4.69, 9.17) is 22.3 Å². The lowest BCUT2D eigenvalue weighted by Crippen LogP contribution is -2.58. The van der Waals surface area contributed by atoms with Gasteiger partial charge in [-0.3, -0.25) is 0 Å². The first kappa shape index (κ1) is 21.2. The molecular weight excluding hydrogens is 446 g/mol. The summed E-state index contributed by atoms with van der Waals surface area (Å²) in [7, 11) is 0. The van der Waals surface area contributed by atoms with Crippen molar-refractivity contribution in [2.45, 2.75) is 37.8 Å². The van der Waals surface area contributed by atoms with E-state index < -0.39 is 11.1 Å². The Hall–Kier alpha value is -3.32. The fraction of sp³-hybridized carbons (Fsp3) is 0.222. The average molecular weight is 470 g/mol. The van der Waals surface area contributed by atoms with Gasteiger partial charge in [0, 0.05) is 44.9 Å². The molecule has 3 N–H and O–H groups in total. The number of aromatic nitrogens is 4. The maximum atomic E-state index is 10.2. The van der Waals surface area contributed by atoms with Crippen LogP contribution in [-0.4, -0.2) is 30.3 Å². The van der Waals surface area contributed by atoms with Gasteiger partial charge in [-0.15, -0.1) is 0 Å². The average Bonchev–Trinajstić information content (AvgIpc) is 3.18. The Balaban J connectivity index is 1.55. The SMILES string of the molecule is Cc1cc2ncc3cc(-c4ccccc4Cl)c(-c4ccc(C5(N)CC(C)(O)C5)cc4)nc3n2n1. The summed E-state index contributed by atoms with van der Waals surface area (Å²) in [6.07, 6.45) is 2.91. The van der Waals surface area contributed by atoms with Crippen LogP contribution < -0.4 is 5.73 Å². The molecule has 2 aromatic carbocycles. The molecule has 1 saturated carbocycles. The molecule has 3 aromatic heterocycles. The number of nitrogens with zero attached hydrogens (tertiary/aromatic N) is 4. The topological polar surface area (TPSA) is 89.3 Å². The molecule has 0 atom stereocenters. The van der Waals surface area contributed by atoms with Crippen molar-refractivity contribution in [1.82, 2.24) is 19.6 Å². The minimum atomic E-state index is -0.703. The number of pyridine rings is 1. The first-order chi connectivity index (χ1) is 16.2. The van der Waals surface area contributed by atoms with Crippen molar-refractivity contribution in [3.8, 4) is 22.4 Å². The second-order valence-corrected chi connectivity index (χ2v) is 10.1. The summed E-state index contributed by atoms with van der Waals surface area (Å²) >= 11 is 6.60. The predicted molar refractivity (Wildman–Crippen MR) is 135 cm³/mol. The summed E-state index contributed by atoms with van der Waals surface area (Å²) in [6.45, 7) is 3.77. The summed E-state index contributed by atoms with van der Waals surface area (Å²) in [6, 6.07) is 19.9. The van der Waals surface area contributed by atoms with Gasteiger partial charge in [-0.1, -0.05) is 54.1 Å². The number of halogens is 1. The number of aryl methyl sites for hydroxylation is 1. The van der Waals surface area contributed by atoms with E-state index in [1.54, 1.807) is 4.52 Å². The van der Waals surface area contributed by atoms with E-state index in [2.05, 4.69) is 16.1 Å². The largest absolute Gasteiger partial charge is 0.390 e. The monoisotopic (exact) mass is 469 g/mol. The van der Waals surface area contributed by atoms with Crippen LogP contribution in [0.1, 0.15) is 31.0 Å². The fourth-order valence-electron chi connectivity index (χ4n) is 5.23. The summed E-state index contributed by atoms with van der Waals surface area (Å²) in [5, 5.41) is 16.3. The molecule has 6 nitrogen and oxygen atoms in total. The second kappa shape index (κ2) is 7.34. The minimum absolute atomic E-state index is 0.505. The molecule has 6 rings (SSSR count). The quantitative estimate of drug-likeness (QED) is 0.375. The number of hydrogen-bond acceptors (Lipinski definition) is 5. The molecule has 5 aromatic rings. The minimum Gasteiger partial charge on any atom is -0.390 e. The van der Waals surface area contributed by atoms with E-state index in [1.807, 2.05) is 74.6 Å². The van der Waals surface area contributed by atoms with Crippen molar-refractivity contribution in [2.24, 2.45) is 5.73 Å². The Labute approximate surface area is 202 Å². The van der Waals surface area contributed by atoms with Crippen LogP contribution in [0.25, 0.3) is 39.1 Å². The molecule has 0 unspecified atom stereocenters. The third kappa shape index (κ3) is 3.38. The van der Waals surface area contributed by atoms with Crippen LogP contribution in [0, 0.1) is 6.92 Å². The van der Waals surface area contributed by atoms with Crippen LogP contribution in [0.3, 0.4) is 0 Å². The smallest absolute Gasteiger partial charge is 0.165 e. The van der Waals surface area contributed by atoms with Crippen LogP contribution in [0.15, 0.2) is 66.9 Å². The number of benzene rings is 2. The van der Waals surface area contributed by atoms with Gasteiger partial charge in [0.15, 0.2) is 11.3 Å².